The van der Waals surface area contributed by atoms with Gasteiger partial charge in [0.2, 0.25) is 0 Å². The number of rotatable bonds is 8. The SMILES string of the molecule is Cc1ccc(S(=O)C(C(=O)OCc2ccccc2)=P(c2ccccc2)(c2ccccc2)c2ccccc2)cc1. The van der Waals surface area contributed by atoms with Gasteiger partial charge < -0.3 is 4.74 Å². The van der Waals surface area contributed by atoms with Gasteiger partial charge >= 0.3 is 5.97 Å². The highest BCUT2D eigenvalue weighted by Crippen LogP contribution is 2.48. The molecule has 5 aromatic rings. The number of carbonyl (C=O) groups is 1. The molecule has 5 heteroatoms. The summed E-state index contributed by atoms with van der Waals surface area (Å²) < 4.78 is 20.9. The van der Waals surface area contributed by atoms with Gasteiger partial charge in [-0.3, -0.25) is 0 Å². The van der Waals surface area contributed by atoms with Crippen molar-refractivity contribution in [3.8, 4) is 0 Å². The smallest absolute Gasteiger partial charge is 0.348 e. The summed E-state index contributed by atoms with van der Waals surface area (Å²) in [6, 6.07) is 47.0. The molecule has 1 unspecified atom stereocenters. The highest BCUT2D eigenvalue weighted by atomic mass is 32.2. The second kappa shape index (κ2) is 12.3. The molecule has 0 aliphatic rings. The fraction of sp³-hybridized carbons (Fsp3) is 0.0588. The van der Waals surface area contributed by atoms with E-state index in [1.807, 2.05) is 153 Å². The summed E-state index contributed by atoms with van der Waals surface area (Å²) in [4.78, 5) is 14.9. The largest absolute Gasteiger partial charge is 0.457 e. The van der Waals surface area contributed by atoms with Crippen LogP contribution in [0, 0.1) is 6.92 Å². The van der Waals surface area contributed by atoms with E-state index in [0.29, 0.717) is 4.90 Å². The van der Waals surface area contributed by atoms with Crippen molar-refractivity contribution < 1.29 is 13.7 Å². The van der Waals surface area contributed by atoms with Crippen LogP contribution in [0.15, 0.2) is 150 Å². The van der Waals surface area contributed by atoms with E-state index in [1.54, 1.807) is 0 Å². The highest BCUT2D eigenvalue weighted by molar-refractivity contribution is 8.18. The zero-order valence-corrected chi connectivity index (χ0v) is 23.4. The van der Waals surface area contributed by atoms with Crippen molar-refractivity contribution in [1.82, 2.24) is 0 Å². The first-order chi connectivity index (χ1) is 19.1. The lowest BCUT2D eigenvalue weighted by Gasteiger charge is -2.31. The average molecular weight is 549 g/mol. The molecule has 0 saturated heterocycles. The van der Waals surface area contributed by atoms with Crippen molar-refractivity contribution in [3.63, 3.8) is 0 Å². The summed E-state index contributed by atoms with van der Waals surface area (Å²) in [6.07, 6.45) is 0. The van der Waals surface area contributed by atoms with Crippen LogP contribution in [0.25, 0.3) is 0 Å². The van der Waals surface area contributed by atoms with E-state index in [1.165, 1.54) is 0 Å². The zero-order chi connectivity index (χ0) is 27.1. The van der Waals surface area contributed by atoms with Gasteiger partial charge in [-0.1, -0.05) is 139 Å². The first kappa shape index (κ1) is 26.6. The molecule has 0 radical (unpaired) electrons. The average Bonchev–Trinajstić information content (AvgIpc) is 3.00. The van der Waals surface area contributed by atoms with Gasteiger partial charge in [0.1, 0.15) is 11.2 Å². The van der Waals surface area contributed by atoms with E-state index >= 15 is 0 Å². The molecule has 0 spiro atoms. The molecule has 194 valence electrons. The number of aryl methyl sites for hydroxylation is 1. The van der Waals surface area contributed by atoms with Crippen LogP contribution in [0.3, 0.4) is 0 Å². The lowest BCUT2D eigenvalue weighted by Crippen LogP contribution is -2.36. The molecule has 1 atom stereocenters. The first-order valence-electron chi connectivity index (χ1n) is 12.7. The molecule has 39 heavy (non-hydrogen) atoms. The van der Waals surface area contributed by atoms with Crippen LogP contribution >= 0.6 is 6.89 Å². The second-order valence-electron chi connectivity index (χ2n) is 9.13. The second-order valence-corrected chi connectivity index (χ2v) is 14.2. The Balaban J connectivity index is 1.88. The van der Waals surface area contributed by atoms with E-state index in [-0.39, 0.29) is 11.2 Å². The quantitative estimate of drug-likeness (QED) is 0.177. The summed E-state index contributed by atoms with van der Waals surface area (Å²) in [6.45, 7) is -0.856. The maximum Gasteiger partial charge on any atom is 0.348 e. The molecule has 0 saturated carbocycles. The van der Waals surface area contributed by atoms with E-state index in [0.717, 1.165) is 27.0 Å². The molecule has 5 rings (SSSR count). The Hall–Kier alpha value is -3.98. The van der Waals surface area contributed by atoms with Gasteiger partial charge in [0.25, 0.3) is 0 Å². The van der Waals surface area contributed by atoms with E-state index in [4.69, 9.17) is 4.74 Å². The van der Waals surface area contributed by atoms with Crippen molar-refractivity contribution >= 4 is 44.2 Å². The summed E-state index contributed by atoms with van der Waals surface area (Å²) in [5.41, 5.74) is 1.92. The summed E-state index contributed by atoms with van der Waals surface area (Å²) >= 11 is 0. The van der Waals surface area contributed by atoms with Gasteiger partial charge in [-0.25, -0.2) is 9.00 Å². The Bertz CT molecular complexity index is 1510. The fourth-order valence-electron chi connectivity index (χ4n) is 4.65. The number of benzene rings is 5. The fourth-order valence-corrected chi connectivity index (χ4v) is 11.5. The topological polar surface area (TPSA) is 43.4 Å². The normalized spacial score (nSPS) is 11.9. The Kier molecular flexibility index (Phi) is 8.36. The molecular weight excluding hydrogens is 519 g/mol. The first-order valence-corrected chi connectivity index (χ1v) is 15.7. The van der Waals surface area contributed by atoms with Gasteiger partial charge in [-0.2, -0.15) is 0 Å². The van der Waals surface area contributed by atoms with Crippen molar-refractivity contribution in [2.45, 2.75) is 18.4 Å². The van der Waals surface area contributed by atoms with Crippen molar-refractivity contribution in [3.05, 3.63) is 157 Å². The summed E-state index contributed by atoms with van der Waals surface area (Å²) in [5, 5.41) is 2.82. The number of ether oxygens (including phenoxy) is 1. The third-order valence-electron chi connectivity index (χ3n) is 6.53. The predicted octanol–water partition coefficient (Wildman–Crippen LogP) is 5.97. The van der Waals surface area contributed by atoms with Gasteiger partial charge in [0, 0.05) is 11.8 Å². The van der Waals surface area contributed by atoms with Crippen LogP contribution in [0.5, 0.6) is 0 Å². The van der Waals surface area contributed by atoms with Crippen molar-refractivity contribution in [1.29, 1.82) is 0 Å². The van der Waals surface area contributed by atoms with Crippen LogP contribution in [-0.2, 0) is 26.9 Å². The van der Waals surface area contributed by atoms with Crippen molar-refractivity contribution in [2.75, 3.05) is 0 Å². The number of hydrogen-bond donors (Lipinski definition) is 0. The van der Waals surface area contributed by atoms with Crippen LogP contribution in [-0.4, -0.2) is 14.8 Å². The van der Waals surface area contributed by atoms with E-state index in [9.17, 15) is 9.00 Å². The molecule has 0 aliphatic carbocycles. The summed E-state index contributed by atoms with van der Waals surface area (Å²) in [5.74, 6) is -0.553. The number of carbonyl (C=O) groups excluding carboxylic acids is 1. The third kappa shape index (κ3) is 5.59. The lowest BCUT2D eigenvalue weighted by atomic mass is 10.2. The zero-order valence-electron chi connectivity index (χ0n) is 21.6. The monoisotopic (exact) mass is 548 g/mol. The van der Waals surface area contributed by atoms with Crippen LogP contribution < -0.4 is 15.9 Å². The molecule has 0 fully saturated rings. The highest BCUT2D eigenvalue weighted by Gasteiger charge is 2.37. The van der Waals surface area contributed by atoms with Crippen LogP contribution in [0.2, 0.25) is 0 Å². The minimum Gasteiger partial charge on any atom is -0.457 e. The Labute approximate surface area is 232 Å². The molecule has 0 amide bonds. The molecule has 0 N–H and O–H groups in total. The third-order valence-corrected chi connectivity index (χ3v) is 13.1. The van der Waals surface area contributed by atoms with E-state index < -0.39 is 23.7 Å². The van der Waals surface area contributed by atoms with Gasteiger partial charge in [-0.05, 0) is 40.5 Å². The van der Waals surface area contributed by atoms with Crippen LogP contribution in [0.4, 0.5) is 0 Å². The van der Waals surface area contributed by atoms with E-state index in [2.05, 4.69) is 0 Å². The Morgan fingerprint density at radius 2 is 1.03 bits per heavy atom. The maximum atomic E-state index is 14.7. The molecular formula is C34H29O3PS. The van der Waals surface area contributed by atoms with Gasteiger partial charge in [0.15, 0.2) is 0 Å². The van der Waals surface area contributed by atoms with Gasteiger partial charge in [-0.15, -0.1) is 0 Å². The van der Waals surface area contributed by atoms with Crippen LogP contribution in [0.1, 0.15) is 11.1 Å². The minimum absolute atomic E-state index is 0.0899. The lowest BCUT2D eigenvalue weighted by molar-refractivity contribution is -0.136. The molecule has 0 bridgehead atoms. The number of esters is 1. The molecule has 0 aliphatic heterocycles. The predicted molar refractivity (Wildman–Crippen MR) is 164 cm³/mol. The molecule has 0 aromatic heterocycles. The van der Waals surface area contributed by atoms with Gasteiger partial charge in [0.05, 0.1) is 10.8 Å². The maximum absolute atomic E-state index is 14.7. The minimum atomic E-state index is -2.93. The molecule has 0 heterocycles. The Morgan fingerprint density at radius 1 is 0.615 bits per heavy atom. The van der Waals surface area contributed by atoms with Crippen molar-refractivity contribution in [2.24, 2.45) is 0 Å². The number of hydrogen-bond acceptors (Lipinski definition) is 3. The molecule has 5 aromatic carbocycles. The summed E-state index contributed by atoms with van der Waals surface area (Å²) in [7, 11) is -1.80. The molecule has 3 nitrogen and oxygen atoms in total. The standard InChI is InChI=1S/C34H29O3PS/c1-27-22-24-32(25-23-27)39(36)34(33(35)37-26-28-14-6-2-7-15-28)38(29-16-8-3-9-17-29,30-18-10-4-11-19-30)31-20-12-5-13-21-31/h2-25H,26H2,1H3. The Morgan fingerprint density at radius 3 is 1.46 bits per heavy atom.